The highest BCUT2D eigenvalue weighted by molar-refractivity contribution is 5.94. The Bertz CT molecular complexity index is 527. The molecule has 0 bridgehead atoms. The largest absolute Gasteiger partial charge is 0.479 e. The third-order valence-corrected chi connectivity index (χ3v) is 3.64. The van der Waals surface area contributed by atoms with Gasteiger partial charge >= 0.3 is 5.97 Å². The molecule has 0 spiro atoms. The Labute approximate surface area is 117 Å². The zero-order valence-electron chi connectivity index (χ0n) is 11.7. The summed E-state index contributed by atoms with van der Waals surface area (Å²) in [6.45, 7) is 4.30. The van der Waals surface area contributed by atoms with E-state index in [2.05, 4.69) is 5.32 Å². The van der Waals surface area contributed by atoms with Crippen molar-refractivity contribution in [1.29, 1.82) is 0 Å². The molecule has 0 aromatic heterocycles. The highest BCUT2D eigenvalue weighted by atomic mass is 16.5. The number of amides is 1. The molecule has 2 rings (SSSR count). The SMILES string of the molecule is Cc1ccc(C(=O)NCC2CCC(C(=O)O)O2)cc1C. The molecule has 0 radical (unpaired) electrons. The van der Waals surface area contributed by atoms with Crippen LogP contribution in [0, 0.1) is 13.8 Å². The van der Waals surface area contributed by atoms with Crippen LogP contribution in [0.2, 0.25) is 0 Å². The topological polar surface area (TPSA) is 75.6 Å². The van der Waals surface area contributed by atoms with E-state index in [1.165, 1.54) is 0 Å². The lowest BCUT2D eigenvalue weighted by atomic mass is 10.1. The number of ether oxygens (including phenoxy) is 1. The Kier molecular flexibility index (Phi) is 4.39. The Morgan fingerprint density at radius 2 is 2.05 bits per heavy atom. The second-order valence-electron chi connectivity index (χ2n) is 5.17. The maximum absolute atomic E-state index is 12.0. The van der Waals surface area contributed by atoms with E-state index in [9.17, 15) is 9.59 Å². The minimum Gasteiger partial charge on any atom is -0.479 e. The van der Waals surface area contributed by atoms with Crippen LogP contribution in [-0.4, -0.2) is 35.7 Å². The Morgan fingerprint density at radius 1 is 1.30 bits per heavy atom. The molecule has 0 saturated carbocycles. The van der Waals surface area contributed by atoms with E-state index in [4.69, 9.17) is 9.84 Å². The van der Waals surface area contributed by atoms with E-state index in [0.29, 0.717) is 24.9 Å². The molecule has 1 fully saturated rings. The Hall–Kier alpha value is -1.88. The quantitative estimate of drug-likeness (QED) is 0.877. The smallest absolute Gasteiger partial charge is 0.332 e. The van der Waals surface area contributed by atoms with Crippen molar-refractivity contribution in [3.63, 3.8) is 0 Å². The van der Waals surface area contributed by atoms with E-state index in [1.807, 2.05) is 26.0 Å². The van der Waals surface area contributed by atoms with E-state index >= 15 is 0 Å². The van der Waals surface area contributed by atoms with E-state index in [-0.39, 0.29) is 12.0 Å². The molecule has 1 aliphatic heterocycles. The summed E-state index contributed by atoms with van der Waals surface area (Å²) in [5.74, 6) is -1.09. The first kappa shape index (κ1) is 14.5. The maximum Gasteiger partial charge on any atom is 0.332 e. The van der Waals surface area contributed by atoms with Crippen molar-refractivity contribution in [2.75, 3.05) is 6.54 Å². The average molecular weight is 277 g/mol. The van der Waals surface area contributed by atoms with Crippen molar-refractivity contribution in [1.82, 2.24) is 5.32 Å². The second kappa shape index (κ2) is 6.05. The molecule has 1 saturated heterocycles. The fraction of sp³-hybridized carbons (Fsp3) is 0.467. The van der Waals surface area contributed by atoms with Crippen molar-refractivity contribution in [3.05, 3.63) is 34.9 Å². The predicted octanol–water partition coefficient (Wildman–Crippen LogP) is 1.67. The highest BCUT2D eigenvalue weighted by Crippen LogP contribution is 2.19. The van der Waals surface area contributed by atoms with Gasteiger partial charge in [-0.3, -0.25) is 4.79 Å². The van der Waals surface area contributed by atoms with Crippen LogP contribution in [-0.2, 0) is 9.53 Å². The molecule has 2 N–H and O–H groups in total. The van der Waals surface area contributed by atoms with Crippen molar-refractivity contribution in [3.8, 4) is 0 Å². The molecule has 1 aliphatic rings. The third kappa shape index (κ3) is 3.36. The number of carbonyl (C=O) groups excluding carboxylic acids is 1. The lowest BCUT2D eigenvalue weighted by Crippen LogP contribution is -2.33. The van der Waals surface area contributed by atoms with Gasteiger partial charge in [-0.2, -0.15) is 0 Å². The third-order valence-electron chi connectivity index (χ3n) is 3.64. The molecule has 2 atom stereocenters. The molecule has 2 unspecified atom stereocenters. The predicted molar refractivity (Wildman–Crippen MR) is 73.8 cm³/mol. The lowest BCUT2D eigenvalue weighted by molar-refractivity contribution is -0.149. The summed E-state index contributed by atoms with van der Waals surface area (Å²) in [7, 11) is 0. The fourth-order valence-corrected chi connectivity index (χ4v) is 2.23. The molecule has 0 aliphatic carbocycles. The monoisotopic (exact) mass is 277 g/mol. The molecule has 20 heavy (non-hydrogen) atoms. The van der Waals surface area contributed by atoms with Gasteiger partial charge in [-0.05, 0) is 49.9 Å². The summed E-state index contributed by atoms with van der Waals surface area (Å²) in [6, 6.07) is 5.55. The van der Waals surface area contributed by atoms with Gasteiger partial charge in [-0.25, -0.2) is 4.79 Å². The molecule has 1 aromatic rings. The first-order valence-corrected chi connectivity index (χ1v) is 6.71. The number of nitrogens with one attached hydrogen (secondary N) is 1. The van der Waals surface area contributed by atoms with Gasteiger partial charge in [0.1, 0.15) is 0 Å². The van der Waals surface area contributed by atoms with Gasteiger partial charge in [0.05, 0.1) is 6.10 Å². The number of aryl methyl sites for hydroxylation is 2. The maximum atomic E-state index is 12.0. The normalized spacial score (nSPS) is 21.7. The minimum atomic E-state index is -0.937. The molecule has 1 heterocycles. The van der Waals surface area contributed by atoms with Crippen LogP contribution in [0.15, 0.2) is 18.2 Å². The average Bonchev–Trinajstić information content (AvgIpc) is 2.88. The standard InChI is InChI=1S/C15H19NO4/c1-9-3-4-11(7-10(9)2)14(17)16-8-12-5-6-13(20-12)15(18)19/h3-4,7,12-13H,5-6,8H2,1-2H3,(H,16,17)(H,18,19). The molecular formula is C15H19NO4. The van der Waals surface area contributed by atoms with E-state index in [0.717, 1.165) is 11.1 Å². The van der Waals surface area contributed by atoms with Gasteiger partial charge < -0.3 is 15.2 Å². The summed E-state index contributed by atoms with van der Waals surface area (Å²) in [6.07, 6.45) is 0.203. The lowest BCUT2D eigenvalue weighted by Gasteiger charge is -2.12. The van der Waals surface area contributed by atoms with E-state index < -0.39 is 12.1 Å². The number of rotatable bonds is 4. The molecule has 1 amide bonds. The molecule has 5 heteroatoms. The highest BCUT2D eigenvalue weighted by Gasteiger charge is 2.30. The van der Waals surface area contributed by atoms with Crippen LogP contribution < -0.4 is 5.32 Å². The van der Waals surface area contributed by atoms with Crippen LogP contribution in [0.3, 0.4) is 0 Å². The van der Waals surface area contributed by atoms with Crippen LogP contribution in [0.1, 0.15) is 34.3 Å². The van der Waals surface area contributed by atoms with Crippen LogP contribution in [0.25, 0.3) is 0 Å². The number of carbonyl (C=O) groups is 2. The molecule has 1 aromatic carbocycles. The summed E-state index contributed by atoms with van der Waals surface area (Å²) < 4.78 is 5.34. The number of hydrogen-bond donors (Lipinski definition) is 2. The van der Waals surface area contributed by atoms with Crippen LogP contribution in [0.4, 0.5) is 0 Å². The first-order chi connectivity index (χ1) is 9.47. The van der Waals surface area contributed by atoms with Crippen molar-refractivity contribution in [2.24, 2.45) is 0 Å². The second-order valence-corrected chi connectivity index (χ2v) is 5.17. The van der Waals surface area contributed by atoms with Crippen molar-refractivity contribution >= 4 is 11.9 Å². The molecule has 5 nitrogen and oxygen atoms in total. The van der Waals surface area contributed by atoms with E-state index in [1.54, 1.807) is 6.07 Å². The van der Waals surface area contributed by atoms with Gasteiger partial charge in [0.15, 0.2) is 6.10 Å². The van der Waals surface area contributed by atoms with Gasteiger partial charge in [0, 0.05) is 12.1 Å². The zero-order valence-corrected chi connectivity index (χ0v) is 11.7. The minimum absolute atomic E-state index is 0.157. The number of benzene rings is 1. The summed E-state index contributed by atoms with van der Waals surface area (Å²) in [5.41, 5.74) is 2.83. The van der Waals surface area contributed by atoms with Gasteiger partial charge in [-0.15, -0.1) is 0 Å². The van der Waals surface area contributed by atoms with Crippen molar-refractivity contribution < 1.29 is 19.4 Å². The van der Waals surface area contributed by atoms with Gasteiger partial charge in [0.25, 0.3) is 5.91 Å². The Morgan fingerprint density at radius 3 is 2.65 bits per heavy atom. The van der Waals surface area contributed by atoms with Crippen LogP contribution >= 0.6 is 0 Å². The first-order valence-electron chi connectivity index (χ1n) is 6.71. The summed E-state index contributed by atoms with van der Waals surface area (Å²) in [4.78, 5) is 22.8. The fourth-order valence-electron chi connectivity index (χ4n) is 2.23. The van der Waals surface area contributed by atoms with Crippen molar-refractivity contribution in [2.45, 2.75) is 38.9 Å². The summed E-state index contributed by atoms with van der Waals surface area (Å²) >= 11 is 0. The number of hydrogen-bond acceptors (Lipinski definition) is 3. The number of carboxylic acids is 1. The summed E-state index contributed by atoms with van der Waals surface area (Å²) in [5, 5.41) is 11.6. The zero-order chi connectivity index (χ0) is 14.7. The molecule has 108 valence electrons. The number of carboxylic acid groups (broad SMARTS) is 1. The number of aliphatic carboxylic acids is 1. The Balaban J connectivity index is 1.86. The van der Waals surface area contributed by atoms with Crippen LogP contribution in [0.5, 0.6) is 0 Å². The molecular weight excluding hydrogens is 258 g/mol. The van der Waals surface area contributed by atoms with Gasteiger partial charge in [-0.1, -0.05) is 6.07 Å². The van der Waals surface area contributed by atoms with Gasteiger partial charge in [0.2, 0.25) is 0 Å².